The summed E-state index contributed by atoms with van der Waals surface area (Å²) in [5, 5.41) is 7.87. The Kier molecular flexibility index (Phi) is 5.15. The van der Waals surface area contributed by atoms with Gasteiger partial charge in [0.15, 0.2) is 5.65 Å². The molecule has 2 aromatic heterocycles. The topological polar surface area (TPSA) is 68.2 Å². The van der Waals surface area contributed by atoms with Crippen LogP contribution in [0.1, 0.15) is 31.9 Å². The largest absolute Gasteiger partial charge is 0.369 e. The quantitative estimate of drug-likeness (QED) is 0.768. The summed E-state index contributed by atoms with van der Waals surface area (Å²) < 4.78 is 2.71. The number of nitrogens with one attached hydrogen (secondary N) is 1. The maximum atomic E-state index is 5.57. The van der Waals surface area contributed by atoms with Crippen LogP contribution >= 0.6 is 15.9 Å². The minimum Gasteiger partial charge on any atom is -0.369 e. The third kappa shape index (κ3) is 3.45. The maximum absolute atomic E-state index is 5.57. The number of hydrogen-bond acceptors (Lipinski definition) is 4. The van der Waals surface area contributed by atoms with Crippen molar-refractivity contribution in [2.75, 3.05) is 18.4 Å². The van der Waals surface area contributed by atoms with Gasteiger partial charge in [0.25, 0.3) is 0 Å². The van der Waals surface area contributed by atoms with Crippen molar-refractivity contribution in [3.63, 3.8) is 0 Å². The predicted octanol–water partition coefficient (Wildman–Crippen LogP) is 2.60. The molecule has 0 spiro atoms. The lowest BCUT2D eigenvalue weighted by Crippen LogP contribution is -2.06. The van der Waals surface area contributed by atoms with E-state index in [0.29, 0.717) is 6.54 Å². The van der Waals surface area contributed by atoms with Crippen LogP contribution in [0.5, 0.6) is 0 Å². The molecule has 0 radical (unpaired) electrons. The third-order valence-electron chi connectivity index (χ3n) is 2.96. The zero-order valence-electron chi connectivity index (χ0n) is 11.2. The molecule has 0 aliphatic heterocycles. The SMILES string of the molecule is CCCCCNc1ccc2nc(CCN)c(Br)n2n1. The summed E-state index contributed by atoms with van der Waals surface area (Å²) in [4.78, 5) is 4.50. The first-order valence-corrected chi connectivity index (χ1v) is 7.53. The summed E-state index contributed by atoms with van der Waals surface area (Å²) in [5.41, 5.74) is 7.37. The molecule has 104 valence electrons. The number of aromatic nitrogens is 3. The Balaban J connectivity index is 2.13. The van der Waals surface area contributed by atoms with Crippen LogP contribution in [0.3, 0.4) is 0 Å². The number of anilines is 1. The molecule has 0 atom stereocenters. The normalized spacial score (nSPS) is 11.1. The minimum absolute atomic E-state index is 0.588. The van der Waals surface area contributed by atoms with Crippen LogP contribution < -0.4 is 11.1 Å². The first-order chi connectivity index (χ1) is 9.26. The molecule has 0 fully saturated rings. The Morgan fingerprint density at radius 3 is 2.95 bits per heavy atom. The van der Waals surface area contributed by atoms with Gasteiger partial charge in [0.05, 0.1) is 5.69 Å². The predicted molar refractivity (Wildman–Crippen MR) is 81.5 cm³/mol. The summed E-state index contributed by atoms with van der Waals surface area (Å²) in [6, 6.07) is 3.94. The highest BCUT2D eigenvalue weighted by molar-refractivity contribution is 9.10. The summed E-state index contributed by atoms with van der Waals surface area (Å²) in [6.45, 7) is 3.74. The third-order valence-corrected chi connectivity index (χ3v) is 3.75. The van der Waals surface area contributed by atoms with Gasteiger partial charge in [-0.05, 0) is 41.0 Å². The molecule has 0 unspecified atom stereocenters. The van der Waals surface area contributed by atoms with Gasteiger partial charge in [-0.3, -0.25) is 0 Å². The highest BCUT2D eigenvalue weighted by Gasteiger charge is 2.10. The summed E-state index contributed by atoms with van der Waals surface area (Å²) in [5.74, 6) is 0.876. The van der Waals surface area contributed by atoms with Crippen LogP contribution in [0.4, 0.5) is 5.82 Å². The fourth-order valence-electron chi connectivity index (χ4n) is 1.93. The van der Waals surface area contributed by atoms with Gasteiger partial charge < -0.3 is 11.1 Å². The number of halogens is 1. The molecular formula is C13H20BrN5. The molecule has 0 aromatic carbocycles. The summed E-state index contributed by atoms with van der Waals surface area (Å²) in [6.07, 6.45) is 4.39. The monoisotopic (exact) mass is 325 g/mol. The van der Waals surface area contributed by atoms with Crippen LogP contribution in [0.15, 0.2) is 16.7 Å². The fraction of sp³-hybridized carbons (Fsp3) is 0.538. The van der Waals surface area contributed by atoms with E-state index in [1.54, 1.807) is 0 Å². The van der Waals surface area contributed by atoms with E-state index in [1.165, 1.54) is 19.3 Å². The van der Waals surface area contributed by atoms with Gasteiger partial charge in [0, 0.05) is 13.0 Å². The van der Waals surface area contributed by atoms with Crippen LogP contribution in [0.2, 0.25) is 0 Å². The molecule has 5 nitrogen and oxygen atoms in total. The van der Waals surface area contributed by atoms with Gasteiger partial charge in [-0.25, -0.2) is 9.50 Å². The van der Waals surface area contributed by atoms with E-state index >= 15 is 0 Å². The van der Waals surface area contributed by atoms with Crippen molar-refractivity contribution in [3.05, 3.63) is 22.4 Å². The van der Waals surface area contributed by atoms with Crippen LogP contribution in [0.25, 0.3) is 5.65 Å². The second kappa shape index (κ2) is 6.86. The molecule has 19 heavy (non-hydrogen) atoms. The van der Waals surface area contributed by atoms with Gasteiger partial charge in [-0.15, -0.1) is 5.10 Å². The lowest BCUT2D eigenvalue weighted by molar-refractivity contribution is 0.740. The van der Waals surface area contributed by atoms with Crippen LogP contribution in [0, 0.1) is 0 Å². The number of imidazole rings is 1. The van der Waals surface area contributed by atoms with Gasteiger partial charge in [-0.2, -0.15) is 0 Å². The lowest BCUT2D eigenvalue weighted by atomic mass is 10.2. The van der Waals surface area contributed by atoms with Gasteiger partial charge in [0.2, 0.25) is 0 Å². The summed E-state index contributed by atoms with van der Waals surface area (Å²) >= 11 is 3.53. The van der Waals surface area contributed by atoms with Crippen molar-refractivity contribution in [2.24, 2.45) is 5.73 Å². The van der Waals surface area contributed by atoms with Crippen molar-refractivity contribution in [3.8, 4) is 0 Å². The van der Waals surface area contributed by atoms with Crippen molar-refractivity contribution in [1.29, 1.82) is 0 Å². The Morgan fingerprint density at radius 2 is 2.21 bits per heavy atom. The molecule has 0 saturated heterocycles. The zero-order chi connectivity index (χ0) is 13.7. The molecule has 0 amide bonds. The van der Waals surface area contributed by atoms with Crippen molar-refractivity contribution in [2.45, 2.75) is 32.6 Å². The molecule has 3 N–H and O–H groups in total. The van der Waals surface area contributed by atoms with Crippen molar-refractivity contribution < 1.29 is 0 Å². The number of nitrogens with zero attached hydrogens (tertiary/aromatic N) is 3. The van der Waals surface area contributed by atoms with E-state index in [4.69, 9.17) is 5.73 Å². The summed E-state index contributed by atoms with van der Waals surface area (Å²) in [7, 11) is 0. The van der Waals surface area contributed by atoms with E-state index in [0.717, 1.165) is 34.7 Å². The second-order valence-electron chi connectivity index (χ2n) is 4.51. The Bertz CT molecular complexity index is 537. The molecular weight excluding hydrogens is 306 g/mol. The number of fused-ring (bicyclic) bond motifs is 1. The maximum Gasteiger partial charge on any atom is 0.155 e. The molecule has 2 heterocycles. The first kappa shape index (κ1) is 14.3. The number of nitrogens with two attached hydrogens (primary N) is 1. The average molecular weight is 326 g/mol. The van der Waals surface area contributed by atoms with Gasteiger partial charge >= 0.3 is 0 Å². The van der Waals surface area contributed by atoms with Gasteiger partial charge in [0.1, 0.15) is 10.4 Å². The average Bonchev–Trinajstić information content (AvgIpc) is 2.72. The molecule has 0 aliphatic rings. The number of unbranched alkanes of at least 4 members (excludes halogenated alkanes) is 2. The van der Waals surface area contributed by atoms with E-state index in [2.05, 4.69) is 38.3 Å². The molecule has 0 aliphatic carbocycles. The Labute approximate surface area is 121 Å². The Hall–Kier alpha value is -1.14. The zero-order valence-corrected chi connectivity index (χ0v) is 12.8. The van der Waals surface area contributed by atoms with Crippen LogP contribution in [-0.4, -0.2) is 27.7 Å². The highest BCUT2D eigenvalue weighted by Crippen LogP contribution is 2.19. The van der Waals surface area contributed by atoms with E-state index in [1.807, 2.05) is 16.6 Å². The lowest BCUT2D eigenvalue weighted by Gasteiger charge is -2.05. The number of hydrogen-bond donors (Lipinski definition) is 2. The van der Waals surface area contributed by atoms with Crippen molar-refractivity contribution >= 4 is 27.4 Å². The first-order valence-electron chi connectivity index (χ1n) is 6.74. The van der Waals surface area contributed by atoms with Gasteiger partial charge in [-0.1, -0.05) is 19.8 Å². The standard InChI is InChI=1S/C13H20BrN5/c1-2-3-4-9-16-11-5-6-12-17-10(7-8-15)13(14)19(12)18-11/h5-6H,2-4,7-9,15H2,1H3,(H,16,18). The van der Waals surface area contributed by atoms with E-state index in [-0.39, 0.29) is 0 Å². The molecule has 2 aromatic rings. The molecule has 0 saturated carbocycles. The smallest absolute Gasteiger partial charge is 0.155 e. The molecule has 2 rings (SSSR count). The minimum atomic E-state index is 0.588. The molecule has 0 bridgehead atoms. The van der Waals surface area contributed by atoms with E-state index in [9.17, 15) is 0 Å². The fourth-order valence-corrected chi connectivity index (χ4v) is 2.48. The Morgan fingerprint density at radius 1 is 1.37 bits per heavy atom. The van der Waals surface area contributed by atoms with Crippen LogP contribution in [-0.2, 0) is 6.42 Å². The second-order valence-corrected chi connectivity index (χ2v) is 5.26. The highest BCUT2D eigenvalue weighted by atomic mass is 79.9. The molecule has 6 heteroatoms. The van der Waals surface area contributed by atoms with Crippen molar-refractivity contribution in [1.82, 2.24) is 14.6 Å². The number of rotatable bonds is 7. The van der Waals surface area contributed by atoms with E-state index < -0.39 is 0 Å².